The van der Waals surface area contributed by atoms with Crippen molar-refractivity contribution in [3.63, 3.8) is 0 Å². The summed E-state index contributed by atoms with van der Waals surface area (Å²) in [6.45, 7) is 0. The third-order valence-corrected chi connectivity index (χ3v) is 6.42. The molecular weight excluding hydrogens is 539 g/mol. The zero-order valence-electron chi connectivity index (χ0n) is 20.4. The predicted octanol–water partition coefficient (Wildman–Crippen LogP) is 6.01. The molecule has 1 aromatic heterocycles. The van der Waals surface area contributed by atoms with Gasteiger partial charge in [0.25, 0.3) is 11.8 Å². The number of halogens is 2. The number of nitrogens with zero attached hydrogens (tertiary/aromatic N) is 1. The fourth-order valence-electron chi connectivity index (χ4n) is 3.28. The van der Waals surface area contributed by atoms with Crippen molar-refractivity contribution in [1.29, 1.82) is 0 Å². The Morgan fingerprint density at radius 3 is 2.26 bits per heavy atom. The third-order valence-electron chi connectivity index (χ3n) is 5.19. The van der Waals surface area contributed by atoms with Gasteiger partial charge < -0.3 is 16.0 Å². The highest BCUT2D eigenvalue weighted by atomic mass is 35.5. The molecule has 4 aromatic rings. The van der Waals surface area contributed by atoms with Crippen LogP contribution in [0.5, 0.6) is 0 Å². The lowest BCUT2D eigenvalue weighted by atomic mass is 10.1. The number of hydrogen-bond acceptors (Lipinski definition) is 5. The average Bonchev–Trinajstić information content (AvgIpc) is 2.95. The number of amides is 3. The van der Waals surface area contributed by atoms with Crippen molar-refractivity contribution in [2.45, 2.75) is 4.90 Å². The molecule has 0 aliphatic heterocycles. The predicted molar refractivity (Wildman–Crippen MR) is 152 cm³/mol. The molecule has 0 radical (unpaired) electrons. The highest BCUT2D eigenvalue weighted by Gasteiger charge is 2.15. The van der Waals surface area contributed by atoms with Gasteiger partial charge in [-0.15, -0.1) is 11.8 Å². The number of rotatable bonds is 9. The number of benzene rings is 3. The normalized spacial score (nSPS) is 11.0. The van der Waals surface area contributed by atoms with Crippen molar-refractivity contribution in [2.75, 3.05) is 16.4 Å². The Morgan fingerprint density at radius 1 is 0.872 bits per heavy atom. The summed E-state index contributed by atoms with van der Waals surface area (Å²) < 4.78 is 13.3. The molecule has 3 amide bonds. The number of anilines is 2. The number of thioether (sulfide) groups is 1. The molecule has 3 N–H and O–H groups in total. The summed E-state index contributed by atoms with van der Waals surface area (Å²) in [5.41, 5.74) is 1.39. The molecule has 10 heteroatoms. The maximum atomic E-state index is 13.3. The molecule has 0 spiro atoms. The van der Waals surface area contributed by atoms with E-state index in [2.05, 4.69) is 20.9 Å². The summed E-state index contributed by atoms with van der Waals surface area (Å²) in [5, 5.41) is 8.56. The Balaban J connectivity index is 1.39. The van der Waals surface area contributed by atoms with Crippen LogP contribution in [0.3, 0.4) is 0 Å². The fourth-order valence-corrected chi connectivity index (χ4v) is 4.09. The molecule has 0 saturated carbocycles. The number of carbonyl (C=O) groups excluding carboxylic acids is 3. The van der Waals surface area contributed by atoms with Gasteiger partial charge in [-0.25, -0.2) is 9.37 Å². The van der Waals surface area contributed by atoms with E-state index in [0.29, 0.717) is 27.7 Å². The lowest BCUT2D eigenvalue weighted by Gasteiger charge is -2.12. The smallest absolute Gasteiger partial charge is 0.272 e. The van der Waals surface area contributed by atoms with Crippen LogP contribution < -0.4 is 16.0 Å². The largest absolute Gasteiger partial charge is 0.321 e. The monoisotopic (exact) mass is 560 g/mol. The Kier molecular flexibility index (Phi) is 9.44. The van der Waals surface area contributed by atoms with Gasteiger partial charge in [-0.05, 0) is 72.3 Å². The first kappa shape index (κ1) is 27.6. The molecule has 0 saturated heterocycles. The highest BCUT2D eigenvalue weighted by molar-refractivity contribution is 8.00. The lowest BCUT2D eigenvalue weighted by molar-refractivity contribution is -0.114. The summed E-state index contributed by atoms with van der Waals surface area (Å²) in [5.74, 6) is -1.09. The second-order valence-corrected chi connectivity index (χ2v) is 9.59. The van der Waals surface area contributed by atoms with Gasteiger partial charge in [-0.2, -0.15) is 0 Å². The van der Waals surface area contributed by atoms with Crippen molar-refractivity contribution in [3.8, 4) is 0 Å². The van der Waals surface area contributed by atoms with Gasteiger partial charge in [0.1, 0.15) is 17.3 Å². The quantitative estimate of drug-likeness (QED) is 0.172. The molecule has 0 fully saturated rings. The van der Waals surface area contributed by atoms with E-state index < -0.39 is 17.6 Å². The van der Waals surface area contributed by atoms with Crippen LogP contribution in [0.2, 0.25) is 5.02 Å². The molecule has 0 aliphatic rings. The summed E-state index contributed by atoms with van der Waals surface area (Å²) in [6.07, 6.45) is 2.92. The van der Waals surface area contributed by atoms with Crippen molar-refractivity contribution in [2.24, 2.45) is 0 Å². The van der Waals surface area contributed by atoms with E-state index in [0.717, 1.165) is 4.90 Å². The van der Waals surface area contributed by atoms with Crippen LogP contribution in [0.4, 0.5) is 15.9 Å². The Labute approximate surface area is 233 Å². The van der Waals surface area contributed by atoms with Crippen LogP contribution in [0, 0.1) is 5.82 Å². The molecule has 3 aromatic carbocycles. The van der Waals surface area contributed by atoms with Gasteiger partial charge in [0.05, 0.1) is 10.8 Å². The van der Waals surface area contributed by atoms with Crippen LogP contribution in [-0.4, -0.2) is 28.5 Å². The molecular formula is C29H22ClFN4O3S. The van der Waals surface area contributed by atoms with E-state index in [1.807, 2.05) is 0 Å². The minimum atomic E-state index is -0.557. The summed E-state index contributed by atoms with van der Waals surface area (Å²) in [7, 11) is 0. The Hall–Kier alpha value is -4.47. The number of carbonyl (C=O) groups is 3. The van der Waals surface area contributed by atoms with Gasteiger partial charge in [0, 0.05) is 22.3 Å². The fraction of sp³-hybridized carbons (Fsp3) is 0.0345. The zero-order chi connectivity index (χ0) is 27.6. The van der Waals surface area contributed by atoms with E-state index in [-0.39, 0.29) is 17.4 Å². The number of pyridine rings is 1. The van der Waals surface area contributed by atoms with Crippen LogP contribution in [0.15, 0.2) is 108 Å². The van der Waals surface area contributed by atoms with Crippen LogP contribution in [0.1, 0.15) is 15.9 Å². The Morgan fingerprint density at radius 2 is 1.59 bits per heavy atom. The minimum Gasteiger partial charge on any atom is -0.321 e. The first-order valence-corrected chi connectivity index (χ1v) is 13.0. The van der Waals surface area contributed by atoms with Crippen molar-refractivity contribution in [1.82, 2.24) is 10.3 Å². The number of hydrogen-bond donors (Lipinski definition) is 3. The van der Waals surface area contributed by atoms with Crippen LogP contribution >= 0.6 is 23.4 Å². The summed E-state index contributed by atoms with van der Waals surface area (Å²) in [4.78, 5) is 42.9. The molecule has 4 rings (SSSR count). The Bertz CT molecular complexity index is 1480. The third kappa shape index (κ3) is 8.53. The van der Waals surface area contributed by atoms with Crippen molar-refractivity contribution >= 4 is 58.7 Å². The highest BCUT2D eigenvalue weighted by Crippen LogP contribution is 2.21. The molecule has 39 heavy (non-hydrogen) atoms. The van der Waals surface area contributed by atoms with E-state index >= 15 is 0 Å². The SMILES string of the molecule is O=C(CSc1ccc(NC(=O)/C(=C/c2ccc(F)cc2)NC(=O)c2ccccc2)cc1)Nc1ccc(Cl)cn1. The topological polar surface area (TPSA) is 100 Å². The molecule has 0 unspecified atom stereocenters. The molecule has 1 heterocycles. The van der Waals surface area contributed by atoms with Gasteiger partial charge >= 0.3 is 0 Å². The van der Waals surface area contributed by atoms with Gasteiger partial charge in [0.2, 0.25) is 5.91 Å². The van der Waals surface area contributed by atoms with Gasteiger partial charge in [-0.3, -0.25) is 14.4 Å². The molecule has 0 atom stereocenters. The van der Waals surface area contributed by atoms with E-state index in [1.165, 1.54) is 48.3 Å². The molecule has 0 bridgehead atoms. The summed E-state index contributed by atoms with van der Waals surface area (Å²) >= 11 is 7.12. The number of nitrogens with one attached hydrogen (secondary N) is 3. The first-order chi connectivity index (χ1) is 18.9. The van der Waals surface area contributed by atoms with Crippen LogP contribution in [-0.2, 0) is 9.59 Å². The van der Waals surface area contributed by atoms with E-state index in [1.54, 1.807) is 66.7 Å². The lowest BCUT2D eigenvalue weighted by Crippen LogP contribution is -2.30. The van der Waals surface area contributed by atoms with Crippen LogP contribution in [0.25, 0.3) is 6.08 Å². The minimum absolute atomic E-state index is 0.0126. The zero-order valence-corrected chi connectivity index (χ0v) is 21.9. The molecule has 7 nitrogen and oxygen atoms in total. The first-order valence-electron chi connectivity index (χ1n) is 11.6. The molecule has 0 aliphatic carbocycles. The second kappa shape index (κ2) is 13.4. The van der Waals surface area contributed by atoms with E-state index in [4.69, 9.17) is 11.6 Å². The van der Waals surface area contributed by atoms with Gasteiger partial charge in [0.15, 0.2) is 0 Å². The maximum Gasteiger partial charge on any atom is 0.272 e. The molecule has 196 valence electrons. The van der Waals surface area contributed by atoms with Gasteiger partial charge in [-0.1, -0.05) is 41.9 Å². The maximum absolute atomic E-state index is 13.3. The summed E-state index contributed by atoms with van der Waals surface area (Å²) in [6, 6.07) is 24.2. The average molecular weight is 561 g/mol. The number of aromatic nitrogens is 1. The van der Waals surface area contributed by atoms with Crippen molar-refractivity contribution in [3.05, 3.63) is 125 Å². The van der Waals surface area contributed by atoms with Crippen molar-refractivity contribution < 1.29 is 18.8 Å². The van der Waals surface area contributed by atoms with E-state index in [9.17, 15) is 18.8 Å². The second-order valence-electron chi connectivity index (χ2n) is 8.11. The standard InChI is InChI=1S/C29H22ClFN4O3S/c30-21-8-15-26(32-17-21)35-27(36)18-39-24-13-11-23(12-14-24)33-29(38)25(16-19-6-9-22(31)10-7-19)34-28(37)20-4-2-1-3-5-20/h1-17H,18H2,(H,33,38)(H,34,37)(H,32,35,36)/b25-16-.